The molecule has 3 aromatic rings. The van der Waals surface area contributed by atoms with Crippen LogP contribution in [0.2, 0.25) is 0 Å². The van der Waals surface area contributed by atoms with Gasteiger partial charge in [0.2, 0.25) is 0 Å². The van der Waals surface area contributed by atoms with Crippen LogP contribution in [0.4, 0.5) is 26.2 Å². The Balaban J connectivity index is 1.55. The molecule has 2 heterocycles. The van der Waals surface area contributed by atoms with Gasteiger partial charge in [0, 0.05) is 26.2 Å². The van der Waals surface area contributed by atoms with E-state index in [0.29, 0.717) is 16.7 Å². The van der Waals surface area contributed by atoms with E-state index < -0.39 is 11.8 Å². The van der Waals surface area contributed by atoms with Crippen molar-refractivity contribution in [2.45, 2.75) is 0 Å². The summed E-state index contributed by atoms with van der Waals surface area (Å²) >= 11 is 0. The molecule has 1 aromatic heterocycles. The first-order valence-electron chi connectivity index (χ1n) is 8.63. The average Bonchev–Trinajstić information content (AvgIpc) is 3.15. The maximum atomic E-state index is 13.7. The van der Waals surface area contributed by atoms with Gasteiger partial charge in [0.1, 0.15) is 5.82 Å². The van der Waals surface area contributed by atoms with E-state index in [1.54, 1.807) is 18.2 Å². The number of carbonyl (C=O) groups is 1. The van der Waals surface area contributed by atoms with Gasteiger partial charge in [0.25, 0.3) is 0 Å². The average molecular weight is 370 g/mol. The summed E-state index contributed by atoms with van der Waals surface area (Å²) < 4.78 is 18.6. The number of hydrogen-bond acceptors (Lipinski definition) is 6. The zero-order valence-corrected chi connectivity index (χ0v) is 14.8. The Kier molecular flexibility index (Phi) is 4.59. The lowest BCUT2D eigenvalue weighted by Gasteiger charge is -2.34. The summed E-state index contributed by atoms with van der Waals surface area (Å²) in [5, 5.41) is 13.1. The third-order valence-corrected chi connectivity index (χ3v) is 4.61. The van der Waals surface area contributed by atoms with Crippen LogP contribution in [0, 0.1) is 5.82 Å². The molecule has 140 valence electrons. The molecular weight excluding hydrogens is 351 g/mol. The molecule has 8 nitrogen and oxygen atoms in total. The summed E-state index contributed by atoms with van der Waals surface area (Å²) in [4.78, 5) is 16.7. The first-order chi connectivity index (χ1) is 13.1. The minimum Gasteiger partial charge on any atom is -0.367 e. The van der Waals surface area contributed by atoms with Crippen LogP contribution in [0.15, 0.2) is 41.0 Å². The van der Waals surface area contributed by atoms with Crippen LogP contribution in [-0.4, -0.2) is 54.5 Å². The van der Waals surface area contributed by atoms with Crippen LogP contribution < -0.4 is 15.5 Å². The summed E-state index contributed by atoms with van der Waals surface area (Å²) in [6, 6.07) is 9.02. The number of nitrogens with one attached hydrogen (secondary N) is 2. The van der Waals surface area contributed by atoms with Crippen LogP contribution in [-0.2, 0) is 0 Å². The second-order valence-electron chi connectivity index (χ2n) is 6.44. The minimum atomic E-state index is -0.572. The lowest BCUT2D eigenvalue weighted by atomic mass is 10.2. The number of halogens is 1. The SMILES string of the molecule is CN1CCN(c2ccc(NC(=O)Nc3ccccc3F)c3nonc23)CC1. The van der Waals surface area contributed by atoms with Gasteiger partial charge in [-0.2, -0.15) is 0 Å². The smallest absolute Gasteiger partial charge is 0.323 e. The number of urea groups is 1. The highest BCUT2D eigenvalue weighted by atomic mass is 19.1. The molecule has 0 atom stereocenters. The van der Waals surface area contributed by atoms with Gasteiger partial charge in [-0.25, -0.2) is 13.8 Å². The van der Waals surface area contributed by atoms with Crippen molar-refractivity contribution in [1.29, 1.82) is 0 Å². The lowest BCUT2D eigenvalue weighted by Crippen LogP contribution is -2.44. The number of benzene rings is 2. The molecule has 2 aromatic carbocycles. The first-order valence-corrected chi connectivity index (χ1v) is 8.63. The number of aromatic nitrogens is 2. The van der Waals surface area contributed by atoms with Gasteiger partial charge in [-0.15, -0.1) is 0 Å². The highest BCUT2D eigenvalue weighted by Gasteiger charge is 2.21. The van der Waals surface area contributed by atoms with Crippen LogP contribution in [0.3, 0.4) is 0 Å². The van der Waals surface area contributed by atoms with Crippen molar-refractivity contribution in [2.24, 2.45) is 0 Å². The first kappa shape index (κ1) is 17.2. The molecule has 0 unspecified atom stereocenters. The van der Waals surface area contributed by atoms with Gasteiger partial charge < -0.3 is 20.4 Å². The van der Waals surface area contributed by atoms with Crippen molar-refractivity contribution < 1.29 is 13.8 Å². The topological polar surface area (TPSA) is 86.5 Å². The van der Waals surface area contributed by atoms with Gasteiger partial charge >= 0.3 is 6.03 Å². The number of amides is 2. The maximum absolute atomic E-state index is 13.7. The zero-order chi connectivity index (χ0) is 18.8. The molecule has 1 aliphatic heterocycles. The van der Waals surface area contributed by atoms with Gasteiger partial charge in [-0.3, -0.25) is 0 Å². The summed E-state index contributed by atoms with van der Waals surface area (Å²) in [5.74, 6) is -0.508. The van der Waals surface area contributed by atoms with E-state index in [1.165, 1.54) is 12.1 Å². The summed E-state index contributed by atoms with van der Waals surface area (Å²) in [5.41, 5.74) is 2.49. The van der Waals surface area contributed by atoms with E-state index in [0.717, 1.165) is 31.9 Å². The Morgan fingerprint density at radius 1 is 1.00 bits per heavy atom. The number of hydrogen-bond donors (Lipinski definition) is 2. The molecule has 4 rings (SSSR count). The van der Waals surface area contributed by atoms with Crippen molar-refractivity contribution in [3.63, 3.8) is 0 Å². The number of carbonyl (C=O) groups excluding carboxylic acids is 1. The number of nitrogens with zero attached hydrogens (tertiary/aromatic N) is 4. The van der Waals surface area contributed by atoms with Crippen LogP contribution >= 0.6 is 0 Å². The quantitative estimate of drug-likeness (QED) is 0.737. The molecule has 27 heavy (non-hydrogen) atoms. The fraction of sp³-hybridized carbons (Fsp3) is 0.278. The number of piperazine rings is 1. The third kappa shape index (κ3) is 3.54. The molecule has 1 saturated heterocycles. The summed E-state index contributed by atoms with van der Waals surface area (Å²) in [6.07, 6.45) is 0. The van der Waals surface area contributed by atoms with E-state index >= 15 is 0 Å². The van der Waals surface area contributed by atoms with Crippen molar-refractivity contribution in [3.05, 3.63) is 42.2 Å². The summed E-state index contributed by atoms with van der Waals surface area (Å²) in [6.45, 7) is 3.66. The summed E-state index contributed by atoms with van der Waals surface area (Å²) in [7, 11) is 2.09. The molecule has 1 aliphatic rings. The van der Waals surface area contributed by atoms with Gasteiger partial charge in [0.05, 0.1) is 17.1 Å². The zero-order valence-electron chi connectivity index (χ0n) is 14.8. The molecule has 0 bridgehead atoms. The highest BCUT2D eigenvalue weighted by Crippen LogP contribution is 2.30. The number of para-hydroxylation sites is 1. The van der Waals surface area contributed by atoms with Crippen LogP contribution in [0.1, 0.15) is 0 Å². The Morgan fingerprint density at radius 2 is 1.70 bits per heavy atom. The lowest BCUT2D eigenvalue weighted by molar-refractivity contribution is 0.262. The number of likely N-dealkylation sites (N-methyl/N-ethyl adjacent to an activating group) is 1. The van der Waals surface area contributed by atoms with Crippen molar-refractivity contribution in [1.82, 2.24) is 15.2 Å². The van der Waals surface area contributed by atoms with E-state index in [1.807, 2.05) is 6.07 Å². The Hall–Kier alpha value is -3.20. The van der Waals surface area contributed by atoms with Crippen molar-refractivity contribution in [3.8, 4) is 0 Å². The predicted octanol–water partition coefficient (Wildman–Crippen LogP) is 2.76. The molecule has 9 heteroatoms. The fourth-order valence-corrected chi connectivity index (χ4v) is 3.10. The molecule has 1 fully saturated rings. The van der Waals surface area contributed by atoms with Gasteiger partial charge in [-0.05, 0) is 41.6 Å². The minimum absolute atomic E-state index is 0.0959. The number of fused-ring (bicyclic) bond motifs is 1. The molecule has 2 amide bonds. The van der Waals surface area contributed by atoms with E-state index in [2.05, 4.69) is 37.8 Å². The monoisotopic (exact) mass is 370 g/mol. The van der Waals surface area contributed by atoms with Gasteiger partial charge in [0.15, 0.2) is 11.0 Å². The highest BCUT2D eigenvalue weighted by molar-refractivity contribution is 6.06. The molecule has 0 spiro atoms. The molecule has 0 saturated carbocycles. The van der Waals surface area contributed by atoms with Crippen LogP contribution in [0.25, 0.3) is 11.0 Å². The Morgan fingerprint density at radius 3 is 2.48 bits per heavy atom. The Labute approximate surface area is 154 Å². The molecule has 2 N–H and O–H groups in total. The second-order valence-corrected chi connectivity index (χ2v) is 6.44. The number of rotatable bonds is 3. The molecular formula is C18H19FN6O2. The second kappa shape index (κ2) is 7.20. The van der Waals surface area contributed by atoms with E-state index in [9.17, 15) is 9.18 Å². The fourth-order valence-electron chi connectivity index (χ4n) is 3.10. The Bertz CT molecular complexity index is 967. The molecule has 0 aliphatic carbocycles. The third-order valence-electron chi connectivity index (χ3n) is 4.61. The standard InChI is InChI=1S/C18H19FN6O2/c1-24-8-10-25(11-9-24)15-7-6-14(16-17(15)23-27-22-16)21-18(26)20-13-5-3-2-4-12(13)19/h2-7H,8-11H2,1H3,(H2,20,21,26). The normalized spacial score (nSPS) is 15.1. The van der Waals surface area contributed by atoms with Gasteiger partial charge in [-0.1, -0.05) is 12.1 Å². The largest absolute Gasteiger partial charge is 0.367 e. The van der Waals surface area contributed by atoms with Crippen LogP contribution in [0.5, 0.6) is 0 Å². The predicted molar refractivity (Wildman–Crippen MR) is 101 cm³/mol. The maximum Gasteiger partial charge on any atom is 0.323 e. The van der Waals surface area contributed by atoms with Crippen molar-refractivity contribution >= 4 is 34.1 Å². The molecule has 0 radical (unpaired) electrons. The van der Waals surface area contributed by atoms with E-state index in [-0.39, 0.29) is 5.69 Å². The number of anilines is 3. The van der Waals surface area contributed by atoms with Crippen molar-refractivity contribution in [2.75, 3.05) is 48.8 Å². The van der Waals surface area contributed by atoms with E-state index in [4.69, 9.17) is 4.63 Å².